The number of carbonyl (C=O) groups excluding carboxylic acids is 1. The summed E-state index contributed by atoms with van der Waals surface area (Å²) in [7, 11) is 0.0292. The molecule has 0 saturated heterocycles. The minimum Gasteiger partial charge on any atom is -0.494 e. The maximum absolute atomic E-state index is 12.6. The molecule has 0 aromatic heterocycles. The highest BCUT2D eigenvalue weighted by Crippen LogP contribution is 2.29. The lowest BCUT2D eigenvalue weighted by atomic mass is 9.90. The van der Waals surface area contributed by atoms with E-state index in [1.54, 1.807) is 0 Å². The van der Waals surface area contributed by atoms with Crippen molar-refractivity contribution in [2.75, 3.05) is 13.7 Å². The number of esters is 1. The van der Waals surface area contributed by atoms with Crippen molar-refractivity contribution in [2.45, 2.75) is 64.2 Å². The van der Waals surface area contributed by atoms with Gasteiger partial charge in [0.05, 0.1) is 41.4 Å². The first-order valence-electron chi connectivity index (χ1n) is 8.62. The summed E-state index contributed by atoms with van der Waals surface area (Å²) in [6.07, 6.45) is 2.17. The smallest absolute Gasteiger partial charge is 0.307 e. The van der Waals surface area contributed by atoms with Gasteiger partial charge in [0, 0.05) is 0 Å². The lowest BCUT2D eigenvalue weighted by Crippen LogP contribution is -2.47. The van der Waals surface area contributed by atoms with Gasteiger partial charge in [-0.2, -0.15) is 0 Å². The number of benzene rings is 1. The molecule has 2 unspecified atom stereocenters. The molecule has 2 atom stereocenters. The van der Waals surface area contributed by atoms with Crippen LogP contribution in [0.15, 0.2) is 24.3 Å². The lowest BCUT2D eigenvalue weighted by molar-refractivity contribution is -0.142. The fraction of sp³-hybridized carbons (Fsp3) is 0.632. The number of rotatable bonds is 9. The summed E-state index contributed by atoms with van der Waals surface area (Å²) in [6.45, 7) is 10.3. The van der Waals surface area contributed by atoms with Crippen LogP contribution in [-0.2, 0) is 26.1 Å². The van der Waals surface area contributed by atoms with E-state index < -0.39 is 21.3 Å². The third-order valence-electron chi connectivity index (χ3n) is 3.86. The number of hydrogen-bond acceptors (Lipinski definition) is 4. The van der Waals surface area contributed by atoms with Gasteiger partial charge in [0.25, 0.3) is 0 Å². The van der Waals surface area contributed by atoms with E-state index in [2.05, 4.69) is 11.6 Å². The highest BCUT2D eigenvalue weighted by atomic mass is 32.2. The Bertz CT molecular complexity index is 580. The topological polar surface area (TPSA) is 64.6 Å². The van der Waals surface area contributed by atoms with E-state index in [4.69, 9.17) is 9.47 Å². The fourth-order valence-corrected chi connectivity index (χ4v) is 3.07. The Balaban J connectivity index is 3.02. The molecule has 142 valence electrons. The number of unbranched alkanes of at least 4 members (excludes halogenated alkanes) is 1. The first-order chi connectivity index (χ1) is 11.6. The predicted octanol–water partition coefficient (Wildman–Crippen LogP) is 3.70. The van der Waals surface area contributed by atoms with Crippen LogP contribution in [0.5, 0.6) is 5.75 Å². The van der Waals surface area contributed by atoms with E-state index in [1.165, 1.54) is 7.11 Å². The second-order valence-electron chi connectivity index (χ2n) is 7.29. The van der Waals surface area contributed by atoms with Gasteiger partial charge in [-0.3, -0.25) is 4.79 Å². The van der Waals surface area contributed by atoms with Gasteiger partial charge in [-0.05, 0) is 51.8 Å². The fourth-order valence-electron chi connectivity index (χ4n) is 2.17. The van der Waals surface area contributed by atoms with Crippen molar-refractivity contribution in [1.82, 2.24) is 4.72 Å². The van der Waals surface area contributed by atoms with Crippen LogP contribution in [-0.4, -0.2) is 28.6 Å². The summed E-state index contributed by atoms with van der Waals surface area (Å²) in [4.78, 5) is 11.9. The van der Waals surface area contributed by atoms with Gasteiger partial charge < -0.3 is 9.47 Å². The normalized spacial score (nSPS) is 15.3. The van der Waals surface area contributed by atoms with Crippen molar-refractivity contribution in [3.8, 4) is 5.75 Å². The summed E-state index contributed by atoms with van der Waals surface area (Å²) in [6, 6.07) is 7.55. The molecule has 25 heavy (non-hydrogen) atoms. The molecule has 1 aromatic carbocycles. The van der Waals surface area contributed by atoms with Crippen molar-refractivity contribution >= 4 is 17.0 Å². The van der Waals surface area contributed by atoms with E-state index >= 15 is 0 Å². The number of ether oxygens (including phenoxy) is 2. The van der Waals surface area contributed by atoms with Gasteiger partial charge in [-0.1, -0.05) is 25.5 Å². The Kier molecular flexibility index (Phi) is 8.09. The molecular formula is C19H31NO4S. The van der Waals surface area contributed by atoms with Crippen LogP contribution in [0.25, 0.3) is 0 Å². The van der Waals surface area contributed by atoms with E-state index in [0.29, 0.717) is 6.61 Å². The first-order valence-corrected chi connectivity index (χ1v) is 9.77. The van der Waals surface area contributed by atoms with Gasteiger partial charge in [0.15, 0.2) is 0 Å². The third-order valence-corrected chi connectivity index (χ3v) is 5.61. The van der Waals surface area contributed by atoms with E-state index in [0.717, 1.165) is 24.2 Å². The molecule has 0 radical (unpaired) electrons. The van der Waals surface area contributed by atoms with Crippen LogP contribution in [0.1, 0.15) is 59.4 Å². The molecule has 1 rings (SSSR count). The Labute approximate surface area is 154 Å². The zero-order valence-corrected chi connectivity index (χ0v) is 17.0. The molecule has 0 bridgehead atoms. The van der Waals surface area contributed by atoms with Gasteiger partial charge >= 0.3 is 5.97 Å². The zero-order valence-electron chi connectivity index (χ0n) is 16.2. The molecule has 1 N–H and O–H groups in total. The van der Waals surface area contributed by atoms with Crippen LogP contribution in [0, 0.1) is 0 Å². The van der Waals surface area contributed by atoms with E-state index in [-0.39, 0.29) is 12.4 Å². The van der Waals surface area contributed by atoms with Gasteiger partial charge in [0.1, 0.15) is 5.75 Å². The van der Waals surface area contributed by atoms with Crippen molar-refractivity contribution in [1.29, 1.82) is 0 Å². The molecule has 0 aliphatic heterocycles. The summed E-state index contributed by atoms with van der Waals surface area (Å²) in [5, 5.41) is 0. The lowest BCUT2D eigenvalue weighted by Gasteiger charge is -2.33. The van der Waals surface area contributed by atoms with Crippen molar-refractivity contribution in [3.63, 3.8) is 0 Å². The SMILES string of the molecule is CCCCOc1ccc(C(C)(CC(=O)OC)NS(=O)C(C)(C)C)cc1. The summed E-state index contributed by atoms with van der Waals surface area (Å²) in [5.74, 6) is 0.429. The van der Waals surface area contributed by atoms with Gasteiger partial charge in [-0.25, -0.2) is 8.93 Å². The van der Waals surface area contributed by atoms with Gasteiger partial charge in [0.2, 0.25) is 0 Å². The van der Waals surface area contributed by atoms with Crippen LogP contribution < -0.4 is 9.46 Å². The Morgan fingerprint density at radius 3 is 2.24 bits per heavy atom. The second-order valence-corrected chi connectivity index (χ2v) is 9.26. The summed E-state index contributed by atoms with van der Waals surface area (Å²) >= 11 is 0. The molecule has 0 amide bonds. The molecule has 6 heteroatoms. The molecular weight excluding hydrogens is 338 g/mol. The monoisotopic (exact) mass is 369 g/mol. The maximum Gasteiger partial charge on any atom is 0.307 e. The number of methoxy groups -OCH3 is 1. The van der Waals surface area contributed by atoms with E-state index in [1.807, 2.05) is 52.0 Å². The largest absolute Gasteiger partial charge is 0.494 e. The van der Waals surface area contributed by atoms with E-state index in [9.17, 15) is 9.00 Å². The highest BCUT2D eigenvalue weighted by molar-refractivity contribution is 7.84. The highest BCUT2D eigenvalue weighted by Gasteiger charge is 2.35. The summed E-state index contributed by atoms with van der Waals surface area (Å²) in [5.41, 5.74) is 0.0611. The van der Waals surface area contributed by atoms with Crippen molar-refractivity contribution in [2.24, 2.45) is 0 Å². The summed E-state index contributed by atoms with van der Waals surface area (Å²) < 4.78 is 25.8. The van der Waals surface area contributed by atoms with Crippen molar-refractivity contribution < 1.29 is 18.5 Å². The first kappa shape index (κ1) is 21.6. The predicted molar refractivity (Wildman–Crippen MR) is 102 cm³/mol. The van der Waals surface area contributed by atoms with Crippen LogP contribution >= 0.6 is 0 Å². The Morgan fingerprint density at radius 2 is 1.76 bits per heavy atom. The zero-order chi connectivity index (χ0) is 19.1. The number of nitrogens with one attached hydrogen (secondary N) is 1. The van der Waals surface area contributed by atoms with Gasteiger partial charge in [-0.15, -0.1) is 0 Å². The minimum atomic E-state index is -1.33. The molecule has 0 aliphatic rings. The van der Waals surface area contributed by atoms with Crippen LogP contribution in [0.2, 0.25) is 0 Å². The molecule has 0 fully saturated rings. The molecule has 0 spiro atoms. The number of hydrogen-bond donors (Lipinski definition) is 1. The molecule has 0 saturated carbocycles. The molecule has 5 nitrogen and oxygen atoms in total. The molecule has 1 aromatic rings. The number of carbonyl (C=O) groups is 1. The molecule has 0 aliphatic carbocycles. The maximum atomic E-state index is 12.6. The minimum absolute atomic E-state index is 0.0847. The quantitative estimate of drug-likeness (QED) is 0.532. The second kappa shape index (κ2) is 9.34. The average Bonchev–Trinajstić information content (AvgIpc) is 2.54. The Morgan fingerprint density at radius 1 is 1.16 bits per heavy atom. The van der Waals surface area contributed by atoms with Crippen LogP contribution in [0.3, 0.4) is 0 Å². The average molecular weight is 370 g/mol. The van der Waals surface area contributed by atoms with Crippen molar-refractivity contribution in [3.05, 3.63) is 29.8 Å². The Hall–Kier alpha value is -1.40. The molecule has 0 heterocycles. The third kappa shape index (κ3) is 6.78. The van der Waals surface area contributed by atoms with Crippen LogP contribution in [0.4, 0.5) is 0 Å². The standard InChI is InChI=1S/C19H31NO4S/c1-7-8-13-24-16-11-9-15(10-12-16)19(5,14-17(21)23-6)20-25(22)18(2,3)4/h9-12,20H,7-8,13-14H2,1-6H3.